The van der Waals surface area contributed by atoms with E-state index in [2.05, 4.69) is 24.0 Å². The van der Waals surface area contributed by atoms with Gasteiger partial charge in [0.2, 0.25) is 10.0 Å². The number of anilines is 1. The maximum Gasteiger partial charge on any atom is 0.243 e. The molecule has 24 heavy (non-hydrogen) atoms. The molecular formula is C18H21FN2O2S. The first-order valence-electron chi connectivity index (χ1n) is 7.96. The third-order valence-corrected chi connectivity index (χ3v) is 6.51. The molecule has 0 atom stereocenters. The molecule has 2 aromatic carbocycles. The molecule has 0 bridgehead atoms. The Kier molecular flexibility index (Phi) is 4.60. The van der Waals surface area contributed by atoms with E-state index < -0.39 is 15.8 Å². The molecule has 128 valence electrons. The van der Waals surface area contributed by atoms with Crippen LogP contribution in [0.15, 0.2) is 47.4 Å². The van der Waals surface area contributed by atoms with Crippen molar-refractivity contribution in [2.75, 3.05) is 31.1 Å². The van der Waals surface area contributed by atoms with Gasteiger partial charge in [-0.05, 0) is 49.2 Å². The van der Waals surface area contributed by atoms with E-state index in [1.165, 1.54) is 28.1 Å². The molecule has 3 rings (SSSR count). The van der Waals surface area contributed by atoms with Gasteiger partial charge in [0.15, 0.2) is 0 Å². The molecule has 0 spiro atoms. The summed E-state index contributed by atoms with van der Waals surface area (Å²) in [7, 11) is -3.59. The van der Waals surface area contributed by atoms with Crippen molar-refractivity contribution in [3.63, 3.8) is 0 Å². The molecule has 1 saturated heterocycles. The lowest BCUT2D eigenvalue weighted by atomic mass is 10.1. The van der Waals surface area contributed by atoms with E-state index in [-0.39, 0.29) is 4.90 Å². The highest BCUT2D eigenvalue weighted by Crippen LogP contribution is 2.25. The molecule has 2 aromatic rings. The number of halogens is 1. The van der Waals surface area contributed by atoms with Gasteiger partial charge >= 0.3 is 0 Å². The SMILES string of the molecule is Cc1ccccc1N1CCN(S(=O)(=O)c2ccc(F)cc2C)CC1. The van der Waals surface area contributed by atoms with Crippen molar-refractivity contribution in [3.05, 3.63) is 59.4 Å². The summed E-state index contributed by atoms with van der Waals surface area (Å²) in [6.45, 7) is 5.81. The lowest BCUT2D eigenvalue weighted by Gasteiger charge is -2.36. The smallest absolute Gasteiger partial charge is 0.243 e. The molecule has 1 heterocycles. The van der Waals surface area contributed by atoms with E-state index in [9.17, 15) is 12.8 Å². The highest BCUT2D eigenvalue weighted by Gasteiger charge is 2.30. The van der Waals surface area contributed by atoms with E-state index in [4.69, 9.17) is 0 Å². The lowest BCUT2D eigenvalue weighted by Crippen LogP contribution is -2.49. The predicted octanol–water partition coefficient (Wildman–Crippen LogP) is 2.95. The van der Waals surface area contributed by atoms with Gasteiger partial charge in [0.05, 0.1) is 4.90 Å². The van der Waals surface area contributed by atoms with Gasteiger partial charge in [-0.25, -0.2) is 12.8 Å². The van der Waals surface area contributed by atoms with Gasteiger partial charge in [0, 0.05) is 31.9 Å². The Morgan fingerprint density at radius 2 is 1.58 bits per heavy atom. The molecule has 0 radical (unpaired) electrons. The summed E-state index contributed by atoms with van der Waals surface area (Å²) in [5.74, 6) is -0.421. The maximum atomic E-state index is 13.2. The average molecular weight is 348 g/mol. The number of rotatable bonds is 3. The largest absolute Gasteiger partial charge is 0.369 e. The average Bonchev–Trinajstić information content (AvgIpc) is 2.55. The number of aryl methyl sites for hydroxylation is 2. The number of sulfonamides is 1. The molecule has 1 fully saturated rings. The standard InChI is InChI=1S/C18H21FN2O2S/c1-14-5-3-4-6-17(14)20-9-11-21(12-10-20)24(22,23)18-8-7-16(19)13-15(18)2/h3-8,13H,9-12H2,1-2H3. The van der Waals surface area contributed by atoms with Crippen LogP contribution < -0.4 is 4.90 Å². The number of nitrogens with zero attached hydrogens (tertiary/aromatic N) is 2. The van der Waals surface area contributed by atoms with Gasteiger partial charge in [-0.2, -0.15) is 4.31 Å². The molecule has 1 aliphatic heterocycles. The van der Waals surface area contributed by atoms with Crippen molar-refractivity contribution in [2.24, 2.45) is 0 Å². The summed E-state index contributed by atoms with van der Waals surface area (Å²) >= 11 is 0. The van der Waals surface area contributed by atoms with E-state index in [0.29, 0.717) is 31.7 Å². The molecule has 6 heteroatoms. The first kappa shape index (κ1) is 16.9. The lowest BCUT2D eigenvalue weighted by molar-refractivity contribution is 0.384. The topological polar surface area (TPSA) is 40.6 Å². The van der Waals surface area contributed by atoms with Gasteiger partial charge in [0.25, 0.3) is 0 Å². The third kappa shape index (κ3) is 3.16. The molecule has 0 N–H and O–H groups in total. The highest BCUT2D eigenvalue weighted by molar-refractivity contribution is 7.89. The zero-order valence-electron chi connectivity index (χ0n) is 13.9. The molecule has 4 nitrogen and oxygen atoms in total. The Balaban J connectivity index is 1.78. The van der Waals surface area contributed by atoms with Crippen molar-refractivity contribution in [3.8, 4) is 0 Å². The fourth-order valence-electron chi connectivity index (χ4n) is 3.13. The minimum absolute atomic E-state index is 0.188. The Morgan fingerprint density at radius 3 is 2.21 bits per heavy atom. The van der Waals surface area contributed by atoms with Crippen molar-refractivity contribution < 1.29 is 12.8 Å². The Bertz CT molecular complexity index is 844. The van der Waals surface area contributed by atoms with Crippen LogP contribution >= 0.6 is 0 Å². The van der Waals surface area contributed by atoms with Gasteiger partial charge in [-0.15, -0.1) is 0 Å². The number of para-hydroxylation sites is 1. The summed E-state index contributed by atoms with van der Waals surface area (Å²) in [6.07, 6.45) is 0. The van der Waals surface area contributed by atoms with Crippen LogP contribution in [0.2, 0.25) is 0 Å². The van der Waals surface area contributed by atoms with Gasteiger partial charge in [0.1, 0.15) is 5.82 Å². The fourth-order valence-corrected chi connectivity index (χ4v) is 4.76. The molecule has 0 aliphatic carbocycles. The molecular weight excluding hydrogens is 327 g/mol. The Hall–Kier alpha value is -1.92. The van der Waals surface area contributed by atoms with Gasteiger partial charge < -0.3 is 4.90 Å². The second-order valence-electron chi connectivity index (χ2n) is 6.09. The second kappa shape index (κ2) is 6.53. The van der Waals surface area contributed by atoms with Crippen LogP contribution in [0.4, 0.5) is 10.1 Å². The van der Waals surface area contributed by atoms with Crippen LogP contribution in [-0.2, 0) is 10.0 Å². The summed E-state index contributed by atoms with van der Waals surface area (Å²) in [5, 5.41) is 0. The van der Waals surface area contributed by atoms with Crippen LogP contribution in [0.5, 0.6) is 0 Å². The van der Waals surface area contributed by atoms with Crippen LogP contribution in [0.3, 0.4) is 0 Å². The van der Waals surface area contributed by atoms with Crippen LogP contribution in [0.25, 0.3) is 0 Å². The second-order valence-corrected chi connectivity index (χ2v) is 7.99. The van der Waals surface area contributed by atoms with E-state index >= 15 is 0 Å². The van der Waals surface area contributed by atoms with Crippen LogP contribution in [0.1, 0.15) is 11.1 Å². The summed E-state index contributed by atoms with van der Waals surface area (Å²) in [6, 6.07) is 11.9. The normalized spacial score (nSPS) is 16.4. The minimum atomic E-state index is -3.59. The fraction of sp³-hybridized carbons (Fsp3) is 0.333. The molecule has 0 saturated carbocycles. The van der Waals surface area contributed by atoms with Gasteiger partial charge in [-0.3, -0.25) is 0 Å². The zero-order valence-corrected chi connectivity index (χ0v) is 14.7. The first-order chi connectivity index (χ1) is 11.4. The monoisotopic (exact) mass is 348 g/mol. The van der Waals surface area contributed by atoms with Crippen molar-refractivity contribution in [1.82, 2.24) is 4.31 Å². The third-order valence-electron chi connectivity index (χ3n) is 4.45. The van der Waals surface area contributed by atoms with Crippen LogP contribution in [0, 0.1) is 19.7 Å². The molecule has 0 amide bonds. The molecule has 0 aromatic heterocycles. The van der Waals surface area contributed by atoms with Crippen molar-refractivity contribution in [1.29, 1.82) is 0 Å². The molecule has 1 aliphatic rings. The van der Waals surface area contributed by atoms with E-state index in [0.717, 1.165) is 5.69 Å². The maximum absolute atomic E-state index is 13.2. The number of hydrogen-bond acceptors (Lipinski definition) is 3. The zero-order chi connectivity index (χ0) is 17.3. The number of benzene rings is 2. The first-order valence-corrected chi connectivity index (χ1v) is 9.40. The Labute approximate surface area is 142 Å². The van der Waals surface area contributed by atoms with Crippen LogP contribution in [-0.4, -0.2) is 38.9 Å². The van der Waals surface area contributed by atoms with Crippen molar-refractivity contribution in [2.45, 2.75) is 18.7 Å². The van der Waals surface area contributed by atoms with E-state index in [1.807, 2.05) is 12.1 Å². The minimum Gasteiger partial charge on any atom is -0.369 e. The van der Waals surface area contributed by atoms with E-state index in [1.54, 1.807) is 6.92 Å². The number of hydrogen-bond donors (Lipinski definition) is 0. The summed E-state index contributed by atoms with van der Waals surface area (Å²) in [4.78, 5) is 2.40. The van der Waals surface area contributed by atoms with Crippen molar-refractivity contribution >= 4 is 15.7 Å². The quantitative estimate of drug-likeness (QED) is 0.856. The molecule has 0 unspecified atom stereocenters. The Morgan fingerprint density at radius 1 is 0.917 bits per heavy atom. The highest BCUT2D eigenvalue weighted by atomic mass is 32.2. The van der Waals surface area contributed by atoms with Gasteiger partial charge in [-0.1, -0.05) is 18.2 Å². The summed E-state index contributed by atoms with van der Waals surface area (Å²) in [5.41, 5.74) is 2.77. The summed E-state index contributed by atoms with van der Waals surface area (Å²) < 4.78 is 40.4. The predicted molar refractivity (Wildman–Crippen MR) is 93.3 cm³/mol. The number of piperazine rings is 1.